The molecule has 98 valence electrons. The number of anilines is 1. The molecule has 1 aliphatic rings. The van der Waals surface area contributed by atoms with Crippen molar-refractivity contribution in [2.45, 2.75) is 19.0 Å². The van der Waals surface area contributed by atoms with E-state index in [0.29, 0.717) is 0 Å². The lowest BCUT2D eigenvalue weighted by molar-refractivity contribution is -0.136. The van der Waals surface area contributed by atoms with Gasteiger partial charge in [-0.2, -0.15) is 0 Å². The van der Waals surface area contributed by atoms with Crippen molar-refractivity contribution in [1.82, 2.24) is 4.90 Å². The first-order valence-corrected chi connectivity index (χ1v) is 6.73. The summed E-state index contributed by atoms with van der Waals surface area (Å²) in [7, 11) is 1.79. The molecule has 1 amide bonds. The summed E-state index contributed by atoms with van der Waals surface area (Å²) in [6.45, 7) is 2.58. The molecular weight excluding hydrogens is 296 g/mol. The van der Waals surface area contributed by atoms with E-state index in [2.05, 4.69) is 15.9 Å². The smallest absolute Gasteiger partial charge is 0.247 e. The molecule has 0 aromatic heterocycles. The monoisotopic (exact) mass is 312 g/mol. The maximum absolute atomic E-state index is 12.1. The standard InChI is InChI=1S/C13H17BrN2O2/c1-9-7-16(11-5-3-10(14)4-6-11)12(8-17)13(18)15(9)2/h3-6,9,12,17H,7-8H2,1-2H3. The van der Waals surface area contributed by atoms with E-state index in [1.807, 2.05) is 36.1 Å². The van der Waals surface area contributed by atoms with Crippen LogP contribution in [0.3, 0.4) is 0 Å². The minimum absolute atomic E-state index is 0.0285. The lowest BCUT2D eigenvalue weighted by atomic mass is 10.1. The zero-order valence-corrected chi connectivity index (χ0v) is 12.1. The lowest BCUT2D eigenvalue weighted by Crippen LogP contribution is -2.61. The molecule has 2 rings (SSSR count). The molecule has 2 unspecified atom stereocenters. The normalized spacial score (nSPS) is 24.6. The van der Waals surface area contributed by atoms with Gasteiger partial charge < -0.3 is 14.9 Å². The molecule has 0 bridgehead atoms. The highest BCUT2D eigenvalue weighted by Gasteiger charge is 2.36. The zero-order valence-electron chi connectivity index (χ0n) is 10.5. The van der Waals surface area contributed by atoms with Crippen LogP contribution in [-0.2, 0) is 4.79 Å². The van der Waals surface area contributed by atoms with Gasteiger partial charge in [-0.3, -0.25) is 4.79 Å². The van der Waals surface area contributed by atoms with E-state index in [9.17, 15) is 9.90 Å². The van der Waals surface area contributed by atoms with Crippen LogP contribution in [0, 0.1) is 0 Å². The van der Waals surface area contributed by atoms with E-state index in [0.717, 1.165) is 16.7 Å². The van der Waals surface area contributed by atoms with Crippen LogP contribution in [0.2, 0.25) is 0 Å². The van der Waals surface area contributed by atoms with Gasteiger partial charge in [0.05, 0.1) is 6.61 Å². The number of carbonyl (C=O) groups excluding carboxylic acids is 1. The van der Waals surface area contributed by atoms with Crippen LogP contribution >= 0.6 is 15.9 Å². The molecule has 1 heterocycles. The molecule has 2 atom stereocenters. The van der Waals surface area contributed by atoms with Crippen molar-refractivity contribution in [3.05, 3.63) is 28.7 Å². The number of aliphatic hydroxyl groups is 1. The number of hydrogen-bond acceptors (Lipinski definition) is 3. The number of rotatable bonds is 2. The molecule has 0 aliphatic carbocycles. The predicted molar refractivity (Wildman–Crippen MR) is 74.6 cm³/mol. The van der Waals surface area contributed by atoms with Crippen LogP contribution in [0.15, 0.2) is 28.7 Å². The van der Waals surface area contributed by atoms with Crippen molar-refractivity contribution in [3.63, 3.8) is 0 Å². The molecule has 1 aromatic rings. The van der Waals surface area contributed by atoms with Gasteiger partial charge in [0.15, 0.2) is 0 Å². The van der Waals surface area contributed by atoms with Gasteiger partial charge in [0.25, 0.3) is 0 Å². The average molecular weight is 313 g/mol. The van der Waals surface area contributed by atoms with E-state index in [-0.39, 0.29) is 18.6 Å². The number of hydrogen-bond donors (Lipinski definition) is 1. The summed E-state index contributed by atoms with van der Waals surface area (Å²) in [5.41, 5.74) is 0.963. The van der Waals surface area contributed by atoms with Crippen LogP contribution in [0.1, 0.15) is 6.92 Å². The molecule has 0 saturated carbocycles. The molecule has 4 nitrogen and oxygen atoms in total. The topological polar surface area (TPSA) is 43.8 Å². The van der Waals surface area contributed by atoms with Gasteiger partial charge in [-0.25, -0.2) is 0 Å². The highest BCUT2D eigenvalue weighted by atomic mass is 79.9. The van der Waals surface area contributed by atoms with Crippen LogP contribution in [-0.4, -0.2) is 48.2 Å². The Hall–Kier alpha value is -1.07. The second kappa shape index (κ2) is 5.28. The van der Waals surface area contributed by atoms with Crippen molar-refractivity contribution in [3.8, 4) is 0 Å². The summed E-state index contributed by atoms with van der Waals surface area (Å²) in [6.07, 6.45) is 0. The quantitative estimate of drug-likeness (QED) is 0.899. The summed E-state index contributed by atoms with van der Waals surface area (Å²) < 4.78 is 1.00. The minimum Gasteiger partial charge on any atom is -0.394 e. The van der Waals surface area contributed by atoms with Gasteiger partial charge in [-0.05, 0) is 31.2 Å². The van der Waals surface area contributed by atoms with Gasteiger partial charge in [0.1, 0.15) is 6.04 Å². The Labute approximate surface area is 115 Å². The Kier molecular flexibility index (Phi) is 3.92. The summed E-state index contributed by atoms with van der Waals surface area (Å²) in [4.78, 5) is 15.8. The number of piperazine rings is 1. The molecule has 1 aromatic carbocycles. The van der Waals surface area contributed by atoms with Crippen LogP contribution in [0.4, 0.5) is 5.69 Å². The Morgan fingerprint density at radius 1 is 1.39 bits per heavy atom. The number of amides is 1. The van der Waals surface area contributed by atoms with Crippen LogP contribution in [0.5, 0.6) is 0 Å². The fourth-order valence-corrected chi connectivity index (χ4v) is 2.48. The fourth-order valence-electron chi connectivity index (χ4n) is 2.21. The van der Waals surface area contributed by atoms with Crippen molar-refractivity contribution in [2.75, 3.05) is 25.1 Å². The molecule has 1 fully saturated rings. The number of benzene rings is 1. The first-order chi connectivity index (χ1) is 8.54. The molecule has 0 spiro atoms. The predicted octanol–water partition coefficient (Wildman–Crippen LogP) is 1.48. The summed E-state index contributed by atoms with van der Waals surface area (Å²) in [5.74, 6) is -0.0285. The Morgan fingerprint density at radius 3 is 2.56 bits per heavy atom. The van der Waals surface area contributed by atoms with Gasteiger partial charge >= 0.3 is 0 Å². The average Bonchev–Trinajstić information content (AvgIpc) is 2.37. The highest BCUT2D eigenvalue weighted by Crippen LogP contribution is 2.25. The molecule has 1 aliphatic heterocycles. The summed E-state index contributed by atoms with van der Waals surface area (Å²) >= 11 is 3.39. The molecule has 5 heteroatoms. The second-order valence-electron chi connectivity index (χ2n) is 4.63. The molecule has 1 N–H and O–H groups in total. The maximum Gasteiger partial charge on any atom is 0.247 e. The molecular formula is C13H17BrN2O2. The van der Waals surface area contributed by atoms with E-state index in [1.54, 1.807) is 11.9 Å². The Morgan fingerprint density at radius 2 is 2.00 bits per heavy atom. The van der Waals surface area contributed by atoms with Crippen LogP contribution < -0.4 is 4.90 Å². The van der Waals surface area contributed by atoms with Crippen LogP contribution in [0.25, 0.3) is 0 Å². The Bertz CT molecular complexity index is 435. The third kappa shape index (κ3) is 2.37. The van der Waals surface area contributed by atoms with Gasteiger partial charge in [-0.15, -0.1) is 0 Å². The third-order valence-electron chi connectivity index (χ3n) is 3.46. The fraction of sp³-hybridized carbons (Fsp3) is 0.462. The summed E-state index contributed by atoms with van der Waals surface area (Å²) in [6, 6.07) is 7.46. The highest BCUT2D eigenvalue weighted by molar-refractivity contribution is 9.10. The summed E-state index contributed by atoms with van der Waals surface area (Å²) in [5, 5.41) is 9.45. The molecule has 18 heavy (non-hydrogen) atoms. The minimum atomic E-state index is -0.479. The number of nitrogens with zero attached hydrogens (tertiary/aromatic N) is 2. The molecule has 0 radical (unpaired) electrons. The van der Waals surface area contributed by atoms with E-state index in [1.165, 1.54) is 0 Å². The Balaban J connectivity index is 2.30. The number of halogens is 1. The van der Waals surface area contributed by atoms with Gasteiger partial charge in [-0.1, -0.05) is 15.9 Å². The first-order valence-electron chi connectivity index (χ1n) is 5.94. The SMILES string of the molecule is CC1CN(c2ccc(Br)cc2)C(CO)C(=O)N1C. The zero-order chi connectivity index (χ0) is 13.3. The van der Waals surface area contributed by atoms with Gasteiger partial charge in [0.2, 0.25) is 5.91 Å². The molecule has 1 saturated heterocycles. The van der Waals surface area contributed by atoms with Crippen molar-refractivity contribution >= 4 is 27.5 Å². The van der Waals surface area contributed by atoms with E-state index >= 15 is 0 Å². The third-order valence-corrected chi connectivity index (χ3v) is 3.99. The number of aliphatic hydroxyl groups excluding tert-OH is 1. The lowest BCUT2D eigenvalue weighted by Gasteiger charge is -2.43. The van der Waals surface area contributed by atoms with Crippen molar-refractivity contribution in [2.24, 2.45) is 0 Å². The number of likely N-dealkylation sites (N-methyl/N-ethyl adjacent to an activating group) is 1. The maximum atomic E-state index is 12.1. The first kappa shape index (κ1) is 13.4. The second-order valence-corrected chi connectivity index (χ2v) is 5.54. The van der Waals surface area contributed by atoms with Crippen molar-refractivity contribution in [1.29, 1.82) is 0 Å². The van der Waals surface area contributed by atoms with Gasteiger partial charge in [0, 0.05) is 29.8 Å². The van der Waals surface area contributed by atoms with E-state index < -0.39 is 6.04 Å². The number of carbonyl (C=O) groups is 1. The van der Waals surface area contributed by atoms with E-state index in [4.69, 9.17) is 0 Å². The largest absolute Gasteiger partial charge is 0.394 e. The van der Waals surface area contributed by atoms with Crippen molar-refractivity contribution < 1.29 is 9.90 Å².